The predicted molar refractivity (Wildman–Crippen MR) is 85.5 cm³/mol. The number of rotatable bonds is 2. The molecule has 0 radical (unpaired) electrons. The highest BCUT2D eigenvalue weighted by molar-refractivity contribution is 5.92. The third-order valence-electron chi connectivity index (χ3n) is 4.26. The molecule has 1 aliphatic rings. The van der Waals surface area contributed by atoms with Gasteiger partial charge in [-0.2, -0.15) is 0 Å². The molecule has 0 aliphatic carbocycles. The van der Waals surface area contributed by atoms with Gasteiger partial charge < -0.3 is 13.9 Å². The van der Waals surface area contributed by atoms with Crippen molar-refractivity contribution in [2.45, 2.75) is 39.7 Å². The lowest BCUT2D eigenvalue weighted by Crippen LogP contribution is -2.37. The first-order valence-corrected chi connectivity index (χ1v) is 7.82. The molecular weight excluding hydrogens is 294 g/mol. The van der Waals surface area contributed by atoms with Crippen molar-refractivity contribution in [2.75, 3.05) is 6.54 Å². The molecule has 6 heteroatoms. The Bertz CT molecular complexity index is 817. The number of amides is 1. The van der Waals surface area contributed by atoms with Crippen LogP contribution in [0.2, 0.25) is 0 Å². The fourth-order valence-electron chi connectivity index (χ4n) is 2.77. The van der Waals surface area contributed by atoms with Crippen LogP contribution in [0.1, 0.15) is 53.3 Å². The fraction of sp³-hybridized carbons (Fsp3) is 0.471. The van der Waals surface area contributed by atoms with Crippen LogP contribution in [-0.4, -0.2) is 26.9 Å². The van der Waals surface area contributed by atoms with Crippen LogP contribution in [0, 0.1) is 6.92 Å². The number of fused-ring (bicyclic) bond motifs is 1. The van der Waals surface area contributed by atoms with E-state index in [1.807, 2.05) is 20.8 Å². The summed E-state index contributed by atoms with van der Waals surface area (Å²) in [5.74, 6) is 1.67. The van der Waals surface area contributed by atoms with Crippen LogP contribution < -0.4 is 5.43 Å². The third kappa shape index (κ3) is 2.81. The lowest BCUT2D eigenvalue weighted by Gasteiger charge is -2.26. The molecule has 0 bridgehead atoms. The van der Waals surface area contributed by atoms with Crippen molar-refractivity contribution in [1.29, 1.82) is 0 Å². The molecule has 3 rings (SSSR count). The second kappa shape index (κ2) is 5.68. The number of aryl methyl sites for hydroxylation is 1. The van der Waals surface area contributed by atoms with Crippen LogP contribution in [0.25, 0.3) is 0 Å². The molecule has 0 fully saturated rings. The first-order valence-electron chi connectivity index (χ1n) is 7.82. The Hall–Kier alpha value is -2.37. The number of nitrogens with zero attached hydrogens (tertiary/aromatic N) is 3. The highest BCUT2D eigenvalue weighted by Gasteiger charge is 2.27. The Morgan fingerprint density at radius 2 is 2.09 bits per heavy atom. The van der Waals surface area contributed by atoms with E-state index in [0.29, 0.717) is 31.1 Å². The van der Waals surface area contributed by atoms with E-state index >= 15 is 0 Å². The van der Waals surface area contributed by atoms with Gasteiger partial charge in [0.2, 0.25) is 0 Å². The molecule has 122 valence electrons. The topological polar surface area (TPSA) is 68.3 Å². The van der Waals surface area contributed by atoms with Crippen molar-refractivity contribution in [3.05, 3.63) is 51.1 Å². The summed E-state index contributed by atoms with van der Waals surface area (Å²) in [5.41, 5.74) is 1.85. The smallest absolute Gasteiger partial charge is 0.270 e. The summed E-state index contributed by atoms with van der Waals surface area (Å²) in [6, 6.07) is 2.92. The monoisotopic (exact) mass is 315 g/mol. The number of pyridine rings is 1. The molecule has 0 spiro atoms. The number of hydrogen-bond acceptors (Lipinski definition) is 4. The zero-order chi connectivity index (χ0) is 16.7. The molecule has 2 aromatic rings. The van der Waals surface area contributed by atoms with Gasteiger partial charge in [-0.25, -0.2) is 4.98 Å². The van der Waals surface area contributed by atoms with Gasteiger partial charge in [0.25, 0.3) is 5.91 Å². The Kier molecular flexibility index (Phi) is 3.83. The van der Waals surface area contributed by atoms with Gasteiger partial charge in [-0.15, -0.1) is 0 Å². The molecule has 0 N–H and O–H groups in total. The molecule has 0 aromatic carbocycles. The maximum absolute atomic E-state index is 12.8. The number of aromatic nitrogens is 2. The van der Waals surface area contributed by atoms with Crippen molar-refractivity contribution < 1.29 is 9.21 Å². The van der Waals surface area contributed by atoms with Gasteiger partial charge in [0.05, 0.1) is 6.54 Å². The zero-order valence-corrected chi connectivity index (χ0v) is 13.9. The number of carbonyl (C=O) groups is 1. The molecule has 0 saturated carbocycles. The van der Waals surface area contributed by atoms with Crippen LogP contribution in [0.15, 0.2) is 21.3 Å². The lowest BCUT2D eigenvalue weighted by molar-refractivity contribution is 0.0716. The van der Waals surface area contributed by atoms with Gasteiger partial charge in [-0.1, -0.05) is 13.8 Å². The summed E-state index contributed by atoms with van der Waals surface area (Å²) in [6.45, 7) is 6.87. The third-order valence-corrected chi connectivity index (χ3v) is 4.26. The van der Waals surface area contributed by atoms with Crippen molar-refractivity contribution in [3.8, 4) is 0 Å². The van der Waals surface area contributed by atoms with E-state index < -0.39 is 0 Å². The van der Waals surface area contributed by atoms with E-state index in [4.69, 9.17) is 4.42 Å². The van der Waals surface area contributed by atoms with E-state index in [-0.39, 0.29) is 17.3 Å². The second-order valence-electron chi connectivity index (χ2n) is 6.33. The first-order chi connectivity index (χ1) is 10.9. The quantitative estimate of drug-likeness (QED) is 0.850. The highest BCUT2D eigenvalue weighted by atomic mass is 16.4. The maximum Gasteiger partial charge on any atom is 0.270 e. The van der Waals surface area contributed by atoms with Crippen molar-refractivity contribution in [2.24, 2.45) is 7.05 Å². The fourth-order valence-corrected chi connectivity index (χ4v) is 2.77. The van der Waals surface area contributed by atoms with Crippen molar-refractivity contribution in [1.82, 2.24) is 14.5 Å². The number of oxazole rings is 1. The lowest BCUT2D eigenvalue weighted by atomic mass is 10.1. The Balaban J connectivity index is 1.89. The molecule has 3 heterocycles. The average Bonchev–Trinajstić information content (AvgIpc) is 2.93. The zero-order valence-electron chi connectivity index (χ0n) is 13.9. The minimum Gasteiger partial charge on any atom is -0.445 e. The molecule has 6 nitrogen and oxygen atoms in total. The molecule has 1 amide bonds. The minimum absolute atomic E-state index is 0.145. The van der Waals surface area contributed by atoms with E-state index in [1.165, 1.54) is 12.1 Å². The molecule has 0 atom stereocenters. The van der Waals surface area contributed by atoms with Crippen LogP contribution in [0.5, 0.6) is 0 Å². The van der Waals surface area contributed by atoms with Crippen LogP contribution in [0.4, 0.5) is 0 Å². The summed E-state index contributed by atoms with van der Waals surface area (Å²) in [7, 11) is 1.80. The summed E-state index contributed by atoms with van der Waals surface area (Å²) in [4.78, 5) is 30.7. The van der Waals surface area contributed by atoms with Gasteiger partial charge in [-0.3, -0.25) is 9.59 Å². The second-order valence-corrected chi connectivity index (χ2v) is 6.33. The molecule has 0 unspecified atom stereocenters. The van der Waals surface area contributed by atoms with Crippen LogP contribution >= 0.6 is 0 Å². The summed E-state index contributed by atoms with van der Waals surface area (Å²) in [6.07, 6.45) is 0.653. The minimum atomic E-state index is -0.148. The molecular formula is C17H21N3O3. The van der Waals surface area contributed by atoms with Gasteiger partial charge in [0.1, 0.15) is 17.1 Å². The van der Waals surface area contributed by atoms with E-state index in [0.717, 1.165) is 17.1 Å². The summed E-state index contributed by atoms with van der Waals surface area (Å²) >= 11 is 0. The van der Waals surface area contributed by atoms with Gasteiger partial charge in [-0.05, 0) is 6.92 Å². The standard InChI is InChI=1S/C17H21N3O3/c1-10(2)16-18-13-9-20(6-5-15(13)23-16)17(22)14-8-12(21)7-11(3)19(14)4/h7-8,10H,5-6,9H2,1-4H3. The van der Waals surface area contributed by atoms with Crippen LogP contribution in [-0.2, 0) is 20.0 Å². The van der Waals surface area contributed by atoms with E-state index in [9.17, 15) is 9.59 Å². The normalized spacial score (nSPS) is 14.2. The van der Waals surface area contributed by atoms with Crippen molar-refractivity contribution in [3.63, 3.8) is 0 Å². The van der Waals surface area contributed by atoms with E-state index in [2.05, 4.69) is 4.98 Å². The maximum atomic E-state index is 12.8. The average molecular weight is 315 g/mol. The Morgan fingerprint density at radius 1 is 1.35 bits per heavy atom. The molecule has 1 aliphatic heterocycles. The van der Waals surface area contributed by atoms with Crippen LogP contribution in [0.3, 0.4) is 0 Å². The number of carbonyl (C=O) groups excluding carboxylic acids is 1. The van der Waals surface area contributed by atoms with E-state index in [1.54, 1.807) is 16.5 Å². The van der Waals surface area contributed by atoms with Gasteiger partial charge in [0, 0.05) is 43.8 Å². The first kappa shape index (κ1) is 15.5. The highest BCUT2D eigenvalue weighted by Crippen LogP contribution is 2.24. The summed E-state index contributed by atoms with van der Waals surface area (Å²) in [5, 5.41) is 0. The SMILES string of the molecule is Cc1cc(=O)cc(C(=O)N2CCc3oc(C(C)C)nc3C2)n1C. The number of hydrogen-bond donors (Lipinski definition) is 0. The molecule has 0 saturated heterocycles. The Labute approximate surface area is 134 Å². The Morgan fingerprint density at radius 3 is 2.78 bits per heavy atom. The van der Waals surface area contributed by atoms with Gasteiger partial charge in [0.15, 0.2) is 11.3 Å². The summed E-state index contributed by atoms with van der Waals surface area (Å²) < 4.78 is 7.51. The van der Waals surface area contributed by atoms with Crippen molar-refractivity contribution >= 4 is 5.91 Å². The molecule has 23 heavy (non-hydrogen) atoms. The largest absolute Gasteiger partial charge is 0.445 e. The predicted octanol–water partition coefficient (Wildman–Crippen LogP) is 2.00. The molecule has 2 aromatic heterocycles. The van der Waals surface area contributed by atoms with Gasteiger partial charge >= 0.3 is 0 Å².